The lowest BCUT2D eigenvalue weighted by Gasteiger charge is -2.16. The summed E-state index contributed by atoms with van der Waals surface area (Å²) < 4.78 is 4.79. The van der Waals surface area contributed by atoms with Crippen LogP contribution in [0, 0.1) is 0 Å². The van der Waals surface area contributed by atoms with E-state index in [0.29, 0.717) is 5.82 Å². The predicted octanol–water partition coefficient (Wildman–Crippen LogP) is 13.5. The number of nitrogens with zero attached hydrogens (tertiary/aromatic N) is 4. The fourth-order valence-corrected chi connectivity index (χ4v) is 8.98. The van der Waals surface area contributed by atoms with E-state index in [0.717, 1.165) is 50.0 Å². The van der Waals surface area contributed by atoms with Gasteiger partial charge in [0, 0.05) is 49.1 Å². The summed E-state index contributed by atoms with van der Waals surface area (Å²) in [5, 5.41) is 10.7. The van der Waals surface area contributed by atoms with E-state index in [1.807, 2.05) is 0 Å². The topological polar surface area (TPSA) is 35.6 Å². The Morgan fingerprint density at radius 2 is 0.929 bits per heavy atom. The minimum Gasteiger partial charge on any atom is -0.309 e. The van der Waals surface area contributed by atoms with Crippen LogP contribution in [0.5, 0.6) is 0 Å². The predicted molar refractivity (Wildman–Crippen MR) is 234 cm³/mol. The molecule has 0 bridgehead atoms. The molecule has 0 saturated heterocycles. The summed E-state index contributed by atoms with van der Waals surface area (Å²) in [5.41, 5.74) is 10.8. The van der Waals surface area contributed by atoms with Crippen molar-refractivity contribution in [2.45, 2.75) is 0 Å². The monoisotopic (exact) mass is 712 g/mol. The number of hydrogen-bond acceptors (Lipinski definition) is 2. The Morgan fingerprint density at radius 1 is 0.339 bits per heavy atom. The van der Waals surface area contributed by atoms with Gasteiger partial charge in [-0.3, -0.25) is 0 Å². The Morgan fingerprint density at radius 3 is 1.73 bits per heavy atom. The fourth-order valence-electron chi connectivity index (χ4n) is 8.98. The van der Waals surface area contributed by atoms with Gasteiger partial charge >= 0.3 is 0 Å². The van der Waals surface area contributed by atoms with Gasteiger partial charge in [0.05, 0.1) is 39.0 Å². The normalized spacial score (nSPS) is 11.9. The molecule has 0 N–H and O–H groups in total. The van der Waals surface area contributed by atoms with E-state index in [1.165, 1.54) is 54.3 Å². The minimum atomic E-state index is 0.702. The zero-order chi connectivity index (χ0) is 36.7. The lowest BCUT2D eigenvalue weighted by molar-refractivity contribution is 1.18. The molecule has 0 radical (unpaired) electrons. The molecule has 0 atom stereocenters. The SMILES string of the molecule is c1ccc(-n2c3ccccc3c3ccc(-c4nc(-c5ccc(-n6c7ccccc7c7cc8ccccc8cc76)c6ccccc56)c5ccccc5n4)cc32)cc1. The largest absolute Gasteiger partial charge is 0.309 e. The summed E-state index contributed by atoms with van der Waals surface area (Å²) in [5.74, 6) is 0.702. The second-order valence-electron chi connectivity index (χ2n) is 14.6. The second kappa shape index (κ2) is 12.0. The first-order valence-electron chi connectivity index (χ1n) is 19.1. The van der Waals surface area contributed by atoms with Gasteiger partial charge in [0.25, 0.3) is 0 Å². The van der Waals surface area contributed by atoms with Crippen LogP contribution in [0.3, 0.4) is 0 Å². The van der Waals surface area contributed by atoms with E-state index < -0.39 is 0 Å². The van der Waals surface area contributed by atoms with Crippen molar-refractivity contribution in [1.29, 1.82) is 0 Å². The fraction of sp³-hybridized carbons (Fsp3) is 0. The van der Waals surface area contributed by atoms with Gasteiger partial charge in [-0.15, -0.1) is 0 Å². The number of aromatic nitrogens is 4. The van der Waals surface area contributed by atoms with Crippen LogP contribution in [0.4, 0.5) is 0 Å². The van der Waals surface area contributed by atoms with Gasteiger partial charge in [0.1, 0.15) is 0 Å². The molecule has 56 heavy (non-hydrogen) atoms. The summed E-state index contributed by atoms with van der Waals surface area (Å²) in [7, 11) is 0. The second-order valence-corrected chi connectivity index (χ2v) is 14.6. The third kappa shape index (κ3) is 4.53. The molecule has 0 unspecified atom stereocenters. The molecule has 0 aliphatic carbocycles. The highest BCUT2D eigenvalue weighted by Gasteiger charge is 2.20. The molecule has 9 aromatic carbocycles. The lowest BCUT2D eigenvalue weighted by atomic mass is 9.97. The third-order valence-electron chi connectivity index (χ3n) is 11.5. The quantitative estimate of drug-likeness (QED) is 0.182. The zero-order valence-electron chi connectivity index (χ0n) is 30.3. The van der Waals surface area contributed by atoms with E-state index >= 15 is 0 Å². The van der Waals surface area contributed by atoms with Crippen molar-refractivity contribution in [2.24, 2.45) is 0 Å². The Labute approximate surface area is 322 Å². The molecule has 0 aliphatic heterocycles. The average molecular weight is 713 g/mol. The maximum absolute atomic E-state index is 5.45. The first kappa shape index (κ1) is 30.9. The van der Waals surface area contributed by atoms with Crippen molar-refractivity contribution in [3.8, 4) is 34.0 Å². The van der Waals surface area contributed by atoms with Gasteiger partial charge in [-0.2, -0.15) is 0 Å². The maximum Gasteiger partial charge on any atom is 0.160 e. The van der Waals surface area contributed by atoms with Crippen molar-refractivity contribution in [1.82, 2.24) is 19.1 Å². The van der Waals surface area contributed by atoms with Crippen molar-refractivity contribution >= 4 is 76.1 Å². The van der Waals surface area contributed by atoms with E-state index in [2.05, 4.69) is 203 Å². The molecule has 3 heterocycles. The van der Waals surface area contributed by atoms with Crippen LogP contribution >= 0.6 is 0 Å². The zero-order valence-corrected chi connectivity index (χ0v) is 30.3. The van der Waals surface area contributed by atoms with Gasteiger partial charge in [-0.25, -0.2) is 9.97 Å². The van der Waals surface area contributed by atoms with Crippen LogP contribution < -0.4 is 0 Å². The number of para-hydroxylation sites is 4. The summed E-state index contributed by atoms with van der Waals surface area (Å²) in [6, 6.07) is 69.6. The Balaban J connectivity index is 1.09. The van der Waals surface area contributed by atoms with Crippen LogP contribution in [-0.4, -0.2) is 19.1 Å². The van der Waals surface area contributed by atoms with Gasteiger partial charge < -0.3 is 9.13 Å². The molecule has 260 valence electrons. The van der Waals surface area contributed by atoms with E-state index in [-0.39, 0.29) is 0 Å². The van der Waals surface area contributed by atoms with E-state index in [4.69, 9.17) is 9.97 Å². The standard InChI is InChI=1S/C52H32N4/c1-2-16-36(17-3-1)55-46-24-12-9-20-39(46)41-27-26-35(32-49(41)55)52-53-45-23-11-8-22-43(45)51(54-52)42-28-29-48(38-19-7-6-18-37(38)42)56-47-25-13-10-21-40(47)44-30-33-14-4-5-15-34(33)31-50(44)56/h1-32H. The molecule has 4 nitrogen and oxygen atoms in total. The maximum atomic E-state index is 5.45. The molecule has 0 saturated carbocycles. The Kier molecular flexibility index (Phi) is 6.60. The van der Waals surface area contributed by atoms with Crippen LogP contribution in [0.1, 0.15) is 0 Å². The van der Waals surface area contributed by atoms with Crippen LogP contribution in [-0.2, 0) is 0 Å². The smallest absolute Gasteiger partial charge is 0.160 e. The minimum absolute atomic E-state index is 0.702. The van der Waals surface area contributed by atoms with Crippen molar-refractivity contribution in [2.75, 3.05) is 0 Å². The lowest BCUT2D eigenvalue weighted by Crippen LogP contribution is -1.99. The van der Waals surface area contributed by atoms with Gasteiger partial charge in [-0.1, -0.05) is 140 Å². The Hall–Kier alpha value is -7.56. The highest BCUT2D eigenvalue weighted by Crippen LogP contribution is 2.41. The van der Waals surface area contributed by atoms with Gasteiger partial charge in [-0.05, 0) is 70.8 Å². The van der Waals surface area contributed by atoms with Crippen LogP contribution in [0.2, 0.25) is 0 Å². The highest BCUT2D eigenvalue weighted by molar-refractivity contribution is 6.16. The van der Waals surface area contributed by atoms with Crippen molar-refractivity contribution in [3.63, 3.8) is 0 Å². The molecule has 12 aromatic rings. The first-order chi connectivity index (χ1) is 27.8. The van der Waals surface area contributed by atoms with Gasteiger partial charge in [0.2, 0.25) is 0 Å². The molecule has 4 heteroatoms. The highest BCUT2D eigenvalue weighted by atomic mass is 15.0. The van der Waals surface area contributed by atoms with Crippen molar-refractivity contribution in [3.05, 3.63) is 194 Å². The average Bonchev–Trinajstić information content (AvgIpc) is 3.77. The Bertz CT molecular complexity index is 3540. The molecular weight excluding hydrogens is 681 g/mol. The van der Waals surface area contributed by atoms with E-state index in [1.54, 1.807) is 0 Å². The number of hydrogen-bond donors (Lipinski definition) is 0. The molecular formula is C52H32N4. The summed E-state index contributed by atoms with van der Waals surface area (Å²) in [6.45, 7) is 0. The molecule has 3 aromatic heterocycles. The third-order valence-corrected chi connectivity index (χ3v) is 11.5. The van der Waals surface area contributed by atoms with Crippen LogP contribution in [0.15, 0.2) is 194 Å². The number of rotatable bonds is 4. The number of benzene rings is 9. The number of fused-ring (bicyclic) bond motifs is 9. The molecule has 12 rings (SSSR count). The molecule has 0 amide bonds. The van der Waals surface area contributed by atoms with E-state index in [9.17, 15) is 0 Å². The summed E-state index contributed by atoms with van der Waals surface area (Å²) in [4.78, 5) is 10.7. The summed E-state index contributed by atoms with van der Waals surface area (Å²) in [6.07, 6.45) is 0. The molecule has 0 fully saturated rings. The molecule has 0 aliphatic rings. The molecule has 0 spiro atoms. The van der Waals surface area contributed by atoms with Crippen LogP contribution in [0.25, 0.3) is 110 Å². The summed E-state index contributed by atoms with van der Waals surface area (Å²) >= 11 is 0. The van der Waals surface area contributed by atoms with Gasteiger partial charge in [0.15, 0.2) is 5.82 Å². The first-order valence-corrected chi connectivity index (χ1v) is 19.1. The van der Waals surface area contributed by atoms with Crippen molar-refractivity contribution < 1.29 is 0 Å².